The number of nitrogens with zero attached hydrogens (tertiary/aromatic N) is 3. The summed E-state index contributed by atoms with van der Waals surface area (Å²) in [4.78, 5) is 11.0. The molecule has 1 heterocycles. The van der Waals surface area contributed by atoms with Crippen LogP contribution in [0.3, 0.4) is 0 Å². The first-order valence-corrected chi connectivity index (χ1v) is 4.90. The second-order valence-electron chi connectivity index (χ2n) is 3.65. The summed E-state index contributed by atoms with van der Waals surface area (Å²) >= 11 is 0. The summed E-state index contributed by atoms with van der Waals surface area (Å²) in [5, 5.41) is 40.6. The molecule has 7 heteroatoms. The number of aromatic nitrogens is 2. The molecule has 2 unspecified atom stereocenters. The molecule has 92 valence electrons. The fourth-order valence-corrected chi connectivity index (χ4v) is 1.68. The summed E-state index contributed by atoms with van der Waals surface area (Å²) in [5.41, 5.74) is 0.170. The number of carboxylic acid groups (broad SMARTS) is 1. The van der Waals surface area contributed by atoms with Crippen molar-refractivity contribution < 1.29 is 20.1 Å². The van der Waals surface area contributed by atoms with E-state index < -0.39 is 18.2 Å². The Kier molecular flexibility index (Phi) is 3.83. The molecule has 0 fully saturated rings. The van der Waals surface area contributed by atoms with Crippen LogP contribution in [0.4, 0.5) is 0 Å². The quantitative estimate of drug-likeness (QED) is 0.665. The molecule has 2 atom stereocenters. The highest BCUT2D eigenvalue weighted by atomic mass is 16.4. The van der Waals surface area contributed by atoms with E-state index in [0.717, 1.165) is 4.68 Å². The number of nitriles is 1. The van der Waals surface area contributed by atoms with Gasteiger partial charge in [-0.05, 0) is 6.92 Å². The van der Waals surface area contributed by atoms with Gasteiger partial charge in [0.1, 0.15) is 6.10 Å². The van der Waals surface area contributed by atoms with Crippen LogP contribution in [0.1, 0.15) is 34.3 Å². The molecule has 0 spiro atoms. The van der Waals surface area contributed by atoms with Gasteiger partial charge < -0.3 is 15.3 Å². The van der Waals surface area contributed by atoms with Crippen molar-refractivity contribution in [2.24, 2.45) is 7.05 Å². The van der Waals surface area contributed by atoms with Crippen molar-refractivity contribution in [2.75, 3.05) is 0 Å². The number of carboxylic acids is 1. The summed E-state index contributed by atoms with van der Waals surface area (Å²) < 4.78 is 1.12. The van der Waals surface area contributed by atoms with Crippen molar-refractivity contribution >= 4 is 5.97 Å². The predicted molar refractivity (Wildman–Crippen MR) is 56.1 cm³/mol. The van der Waals surface area contributed by atoms with Crippen LogP contribution in [0.2, 0.25) is 0 Å². The minimum atomic E-state index is -1.44. The summed E-state index contributed by atoms with van der Waals surface area (Å²) in [6.45, 7) is 1.53. The Morgan fingerprint density at radius 3 is 2.65 bits per heavy atom. The van der Waals surface area contributed by atoms with Crippen LogP contribution in [0.5, 0.6) is 0 Å². The van der Waals surface area contributed by atoms with Gasteiger partial charge >= 0.3 is 5.97 Å². The van der Waals surface area contributed by atoms with E-state index >= 15 is 0 Å². The van der Waals surface area contributed by atoms with Crippen molar-refractivity contribution in [3.8, 4) is 6.07 Å². The van der Waals surface area contributed by atoms with Crippen molar-refractivity contribution in [1.82, 2.24) is 9.78 Å². The lowest BCUT2D eigenvalue weighted by Crippen LogP contribution is -2.21. The van der Waals surface area contributed by atoms with Crippen LogP contribution in [0, 0.1) is 18.3 Å². The normalized spacial score (nSPS) is 14.1. The highest BCUT2D eigenvalue weighted by molar-refractivity contribution is 5.88. The number of aromatic carboxylic acids is 1. The number of hydrogen-bond acceptors (Lipinski definition) is 5. The number of carbonyl (C=O) groups is 1. The van der Waals surface area contributed by atoms with Gasteiger partial charge in [0, 0.05) is 12.6 Å². The zero-order valence-electron chi connectivity index (χ0n) is 9.45. The van der Waals surface area contributed by atoms with Crippen LogP contribution >= 0.6 is 0 Å². The van der Waals surface area contributed by atoms with Gasteiger partial charge in [-0.1, -0.05) is 0 Å². The Hall–Kier alpha value is -1.91. The second-order valence-corrected chi connectivity index (χ2v) is 3.65. The molecule has 0 aliphatic carbocycles. The third-order valence-corrected chi connectivity index (χ3v) is 2.43. The lowest BCUT2D eigenvalue weighted by atomic mass is 10.0. The largest absolute Gasteiger partial charge is 0.477 e. The maximum atomic E-state index is 11.0. The van der Waals surface area contributed by atoms with Gasteiger partial charge in [-0.2, -0.15) is 10.4 Å². The van der Waals surface area contributed by atoms with E-state index in [2.05, 4.69) is 5.10 Å². The molecule has 0 aliphatic heterocycles. The van der Waals surface area contributed by atoms with Crippen molar-refractivity contribution in [2.45, 2.75) is 25.6 Å². The van der Waals surface area contributed by atoms with Crippen molar-refractivity contribution in [1.29, 1.82) is 5.26 Å². The van der Waals surface area contributed by atoms with Crippen LogP contribution in [-0.2, 0) is 7.05 Å². The van der Waals surface area contributed by atoms with Gasteiger partial charge in [0.2, 0.25) is 0 Å². The van der Waals surface area contributed by atoms with Crippen LogP contribution in [0.25, 0.3) is 0 Å². The van der Waals surface area contributed by atoms with E-state index in [1.807, 2.05) is 0 Å². The van der Waals surface area contributed by atoms with E-state index in [1.165, 1.54) is 14.0 Å². The lowest BCUT2D eigenvalue weighted by molar-refractivity contribution is 0.0201. The average molecular weight is 239 g/mol. The maximum absolute atomic E-state index is 11.0. The van der Waals surface area contributed by atoms with Crippen molar-refractivity contribution in [3.63, 3.8) is 0 Å². The molecule has 1 aromatic rings. The SMILES string of the molecule is Cc1nn(C)c(C(=O)O)c1C(O)C(O)CC#N. The molecule has 1 rings (SSSR count). The standard InChI is InChI=1S/C10H13N3O4/c1-5-7(9(15)6(14)3-4-11)8(10(16)17)13(2)12-5/h6,9,14-15H,3H2,1-2H3,(H,16,17). The molecule has 0 bridgehead atoms. The Balaban J connectivity index is 3.21. The number of aliphatic hydroxyl groups excluding tert-OH is 2. The fraction of sp³-hybridized carbons (Fsp3) is 0.500. The van der Waals surface area contributed by atoms with Crippen molar-refractivity contribution in [3.05, 3.63) is 17.0 Å². The number of hydrogen-bond donors (Lipinski definition) is 3. The molecule has 0 aromatic carbocycles. The van der Waals surface area contributed by atoms with E-state index in [9.17, 15) is 15.0 Å². The zero-order valence-corrected chi connectivity index (χ0v) is 9.45. The molecule has 3 N–H and O–H groups in total. The molecule has 17 heavy (non-hydrogen) atoms. The fourth-order valence-electron chi connectivity index (χ4n) is 1.68. The molecular formula is C10H13N3O4. The van der Waals surface area contributed by atoms with Crippen LogP contribution < -0.4 is 0 Å². The van der Waals surface area contributed by atoms with Gasteiger partial charge in [0.05, 0.1) is 24.3 Å². The second kappa shape index (κ2) is 4.95. The molecule has 0 radical (unpaired) electrons. The Bertz CT molecular complexity index is 475. The van der Waals surface area contributed by atoms with Gasteiger partial charge in [0.25, 0.3) is 0 Å². The zero-order chi connectivity index (χ0) is 13.2. The van der Waals surface area contributed by atoms with Gasteiger partial charge in [-0.25, -0.2) is 4.79 Å². The topological polar surface area (TPSA) is 119 Å². The van der Waals surface area contributed by atoms with E-state index in [0.29, 0.717) is 5.69 Å². The molecule has 0 saturated heterocycles. The molecule has 7 nitrogen and oxygen atoms in total. The van der Waals surface area contributed by atoms with Crippen LogP contribution in [0.15, 0.2) is 0 Å². The minimum Gasteiger partial charge on any atom is -0.477 e. The summed E-state index contributed by atoms with van der Waals surface area (Å²) in [6, 6.07) is 1.71. The number of aryl methyl sites for hydroxylation is 2. The Morgan fingerprint density at radius 1 is 1.59 bits per heavy atom. The summed E-state index contributed by atoms with van der Waals surface area (Å²) in [5.74, 6) is -1.24. The third-order valence-electron chi connectivity index (χ3n) is 2.43. The van der Waals surface area contributed by atoms with E-state index in [1.54, 1.807) is 6.07 Å². The highest BCUT2D eigenvalue weighted by Crippen LogP contribution is 2.25. The first-order valence-electron chi connectivity index (χ1n) is 4.90. The summed E-state index contributed by atoms with van der Waals surface area (Å²) in [6.07, 6.45) is -3.05. The first-order chi connectivity index (χ1) is 7.90. The Morgan fingerprint density at radius 2 is 2.18 bits per heavy atom. The molecule has 0 amide bonds. The van der Waals surface area contributed by atoms with Gasteiger partial charge in [0.15, 0.2) is 5.69 Å². The van der Waals surface area contributed by atoms with Crippen LogP contribution in [-0.4, -0.2) is 37.2 Å². The summed E-state index contributed by atoms with van der Waals surface area (Å²) in [7, 11) is 1.43. The highest BCUT2D eigenvalue weighted by Gasteiger charge is 2.29. The molecule has 0 saturated carbocycles. The third kappa shape index (κ3) is 2.43. The van der Waals surface area contributed by atoms with Gasteiger partial charge in [-0.15, -0.1) is 0 Å². The Labute approximate surface area is 97.5 Å². The molecular weight excluding hydrogens is 226 g/mol. The van der Waals surface area contributed by atoms with E-state index in [4.69, 9.17) is 10.4 Å². The first kappa shape index (κ1) is 13.2. The average Bonchev–Trinajstić information content (AvgIpc) is 2.52. The number of aliphatic hydroxyl groups is 2. The minimum absolute atomic E-state index is 0.0442. The van der Waals surface area contributed by atoms with E-state index in [-0.39, 0.29) is 17.7 Å². The number of rotatable bonds is 4. The smallest absolute Gasteiger partial charge is 0.354 e. The monoisotopic (exact) mass is 239 g/mol. The predicted octanol–water partition coefficient (Wildman–Crippen LogP) is -0.265. The molecule has 0 aliphatic rings. The maximum Gasteiger partial charge on any atom is 0.354 e. The molecule has 1 aromatic heterocycles. The van der Waals surface area contributed by atoms with Gasteiger partial charge in [-0.3, -0.25) is 4.68 Å². The lowest BCUT2D eigenvalue weighted by Gasteiger charge is -2.15.